The Labute approximate surface area is 165 Å². The molecule has 27 heavy (non-hydrogen) atoms. The fourth-order valence-electron chi connectivity index (χ4n) is 3.02. The van der Waals surface area contributed by atoms with Crippen LogP contribution in [0.25, 0.3) is 0 Å². The first-order valence-corrected chi connectivity index (χ1v) is 9.55. The summed E-state index contributed by atoms with van der Waals surface area (Å²) in [6.07, 6.45) is -0.337. The third-order valence-corrected chi connectivity index (χ3v) is 5.52. The average Bonchev–Trinajstić information content (AvgIpc) is 3.35. The van der Waals surface area contributed by atoms with Gasteiger partial charge in [0.05, 0.1) is 27.1 Å². The molecule has 0 unspecified atom stereocenters. The number of amides is 1. The van der Waals surface area contributed by atoms with Crippen LogP contribution >= 0.6 is 23.2 Å². The van der Waals surface area contributed by atoms with Crippen LogP contribution in [0.1, 0.15) is 54.4 Å². The minimum absolute atomic E-state index is 0.0123. The van der Waals surface area contributed by atoms with Crippen molar-refractivity contribution in [1.82, 2.24) is 24.9 Å². The average molecular weight is 420 g/mol. The summed E-state index contributed by atoms with van der Waals surface area (Å²) in [5.74, 6) is -0.177. The van der Waals surface area contributed by atoms with Gasteiger partial charge in [-0.05, 0) is 33.1 Å². The second-order valence-corrected chi connectivity index (χ2v) is 7.48. The third kappa shape index (κ3) is 4.43. The van der Waals surface area contributed by atoms with Gasteiger partial charge >= 0.3 is 0 Å². The minimum Gasteiger partial charge on any atom is -0.354 e. The van der Waals surface area contributed by atoms with E-state index in [1.54, 1.807) is 4.68 Å². The van der Waals surface area contributed by atoms with E-state index in [4.69, 9.17) is 23.2 Å². The van der Waals surface area contributed by atoms with Gasteiger partial charge in [0.15, 0.2) is 0 Å². The Kier molecular flexibility index (Phi) is 6.05. The number of hydrogen-bond donors (Lipinski definition) is 1. The number of halogens is 4. The van der Waals surface area contributed by atoms with Crippen LogP contribution in [0.3, 0.4) is 0 Å². The van der Waals surface area contributed by atoms with Gasteiger partial charge in [-0.3, -0.25) is 14.2 Å². The predicted octanol–water partition coefficient (Wildman–Crippen LogP) is 4.02. The zero-order valence-electron chi connectivity index (χ0n) is 15.1. The van der Waals surface area contributed by atoms with Crippen molar-refractivity contribution in [1.29, 1.82) is 0 Å². The second kappa shape index (κ2) is 8.14. The number of alkyl halides is 2. The van der Waals surface area contributed by atoms with Crippen molar-refractivity contribution in [3.05, 3.63) is 32.8 Å². The SMILES string of the molecule is Cc1nn(CCCNC(=O)Cn2nc(C(F)F)c(Cl)c2C2CC2)c(C)c1Cl. The Bertz CT molecular complexity index is 845. The highest BCUT2D eigenvalue weighted by atomic mass is 35.5. The lowest BCUT2D eigenvalue weighted by molar-refractivity contribution is -0.121. The van der Waals surface area contributed by atoms with Gasteiger partial charge in [-0.2, -0.15) is 10.2 Å². The number of nitrogens with one attached hydrogen (secondary N) is 1. The summed E-state index contributed by atoms with van der Waals surface area (Å²) in [4.78, 5) is 12.2. The molecule has 1 fully saturated rings. The van der Waals surface area contributed by atoms with E-state index in [9.17, 15) is 13.6 Å². The van der Waals surface area contributed by atoms with Gasteiger partial charge in [-0.25, -0.2) is 8.78 Å². The van der Waals surface area contributed by atoms with Gasteiger partial charge in [0.2, 0.25) is 5.91 Å². The Morgan fingerprint density at radius 3 is 2.48 bits per heavy atom. The van der Waals surface area contributed by atoms with Gasteiger partial charge in [-0.1, -0.05) is 23.2 Å². The minimum atomic E-state index is -2.76. The number of hydrogen-bond acceptors (Lipinski definition) is 3. The van der Waals surface area contributed by atoms with Crippen LogP contribution in [0, 0.1) is 13.8 Å². The van der Waals surface area contributed by atoms with Crippen LogP contribution in [0.15, 0.2) is 0 Å². The molecular formula is C17H21Cl2F2N5O. The standard InChI is InChI=1S/C17H21Cl2F2N5O/c1-9-13(18)10(2)25(23-9)7-3-6-22-12(27)8-26-16(11-4-5-11)14(19)15(24-26)17(20)21/h11,17H,3-8H2,1-2H3,(H,22,27). The maximum atomic E-state index is 13.0. The molecule has 6 nitrogen and oxygen atoms in total. The van der Waals surface area contributed by atoms with E-state index in [0.29, 0.717) is 30.2 Å². The Balaban J connectivity index is 1.54. The summed E-state index contributed by atoms with van der Waals surface area (Å²) in [6, 6.07) is 0. The van der Waals surface area contributed by atoms with E-state index < -0.39 is 12.1 Å². The van der Waals surface area contributed by atoms with Gasteiger partial charge in [0.1, 0.15) is 12.2 Å². The molecule has 148 valence electrons. The van der Waals surface area contributed by atoms with Crippen molar-refractivity contribution in [3.8, 4) is 0 Å². The topological polar surface area (TPSA) is 64.7 Å². The summed E-state index contributed by atoms with van der Waals surface area (Å²) in [7, 11) is 0. The molecule has 2 aromatic heterocycles. The molecule has 1 amide bonds. The molecule has 0 spiro atoms. The highest BCUT2D eigenvalue weighted by Gasteiger charge is 2.34. The summed E-state index contributed by atoms with van der Waals surface area (Å²) in [6.45, 7) is 4.67. The van der Waals surface area contributed by atoms with E-state index in [1.807, 2.05) is 13.8 Å². The molecule has 1 N–H and O–H groups in total. The fourth-order valence-corrected chi connectivity index (χ4v) is 3.53. The third-order valence-electron chi connectivity index (χ3n) is 4.58. The molecule has 3 rings (SSSR count). The highest BCUT2D eigenvalue weighted by Crippen LogP contribution is 2.45. The lowest BCUT2D eigenvalue weighted by Gasteiger charge is -2.09. The molecule has 0 aliphatic heterocycles. The van der Waals surface area contributed by atoms with Crippen LogP contribution < -0.4 is 5.32 Å². The van der Waals surface area contributed by atoms with Crippen molar-refractivity contribution in [2.75, 3.05) is 6.54 Å². The molecular weight excluding hydrogens is 399 g/mol. The van der Waals surface area contributed by atoms with Crippen LogP contribution in [-0.4, -0.2) is 32.0 Å². The number of aromatic nitrogens is 4. The predicted molar refractivity (Wildman–Crippen MR) is 98.5 cm³/mol. The van der Waals surface area contributed by atoms with Gasteiger partial charge in [-0.15, -0.1) is 0 Å². The summed E-state index contributed by atoms with van der Waals surface area (Å²) in [5, 5.41) is 11.6. The molecule has 0 saturated heterocycles. The van der Waals surface area contributed by atoms with Crippen molar-refractivity contribution >= 4 is 29.1 Å². The van der Waals surface area contributed by atoms with Gasteiger partial charge < -0.3 is 5.32 Å². The first kappa shape index (κ1) is 20.1. The lowest BCUT2D eigenvalue weighted by atomic mass is 10.2. The summed E-state index contributed by atoms with van der Waals surface area (Å²) < 4.78 is 29.2. The maximum absolute atomic E-state index is 13.0. The van der Waals surface area contributed by atoms with Crippen molar-refractivity contribution in [2.24, 2.45) is 0 Å². The fraction of sp³-hybridized carbons (Fsp3) is 0.588. The Hall–Kier alpha value is -1.67. The number of carbonyl (C=O) groups excluding carboxylic acids is 1. The largest absolute Gasteiger partial charge is 0.354 e. The zero-order valence-corrected chi connectivity index (χ0v) is 16.6. The Morgan fingerprint density at radius 1 is 1.22 bits per heavy atom. The van der Waals surface area contributed by atoms with Crippen LogP contribution in [0.2, 0.25) is 10.0 Å². The van der Waals surface area contributed by atoms with Gasteiger partial charge in [0.25, 0.3) is 6.43 Å². The van der Waals surface area contributed by atoms with E-state index >= 15 is 0 Å². The first-order valence-electron chi connectivity index (χ1n) is 8.80. The quantitative estimate of drug-likeness (QED) is 0.656. The first-order chi connectivity index (χ1) is 12.8. The van der Waals surface area contributed by atoms with E-state index in [-0.39, 0.29) is 23.4 Å². The molecule has 1 aliphatic carbocycles. The molecule has 0 radical (unpaired) electrons. The lowest BCUT2D eigenvalue weighted by Crippen LogP contribution is -2.30. The van der Waals surface area contributed by atoms with Crippen LogP contribution in [0.5, 0.6) is 0 Å². The molecule has 1 aliphatic rings. The highest BCUT2D eigenvalue weighted by molar-refractivity contribution is 6.32. The molecule has 0 aromatic carbocycles. The van der Waals surface area contributed by atoms with E-state index in [0.717, 1.165) is 24.2 Å². The molecule has 1 saturated carbocycles. The molecule has 0 bridgehead atoms. The summed E-state index contributed by atoms with van der Waals surface area (Å²) >= 11 is 12.2. The van der Waals surface area contributed by atoms with Crippen LogP contribution in [0.4, 0.5) is 8.78 Å². The monoisotopic (exact) mass is 419 g/mol. The Morgan fingerprint density at radius 2 is 1.93 bits per heavy atom. The normalized spacial score (nSPS) is 14.2. The number of aryl methyl sites for hydroxylation is 2. The van der Waals surface area contributed by atoms with Crippen molar-refractivity contribution in [3.63, 3.8) is 0 Å². The smallest absolute Gasteiger partial charge is 0.283 e. The van der Waals surface area contributed by atoms with Crippen molar-refractivity contribution < 1.29 is 13.6 Å². The molecule has 2 aromatic rings. The molecule has 2 heterocycles. The van der Waals surface area contributed by atoms with Gasteiger partial charge in [0, 0.05) is 19.0 Å². The molecule has 10 heteroatoms. The van der Waals surface area contributed by atoms with E-state index in [2.05, 4.69) is 15.5 Å². The number of nitrogens with zero attached hydrogens (tertiary/aromatic N) is 4. The van der Waals surface area contributed by atoms with Crippen LogP contribution in [-0.2, 0) is 17.9 Å². The number of carbonyl (C=O) groups is 1. The molecule has 0 atom stereocenters. The van der Waals surface area contributed by atoms with Crippen molar-refractivity contribution in [2.45, 2.75) is 58.5 Å². The zero-order chi connectivity index (χ0) is 19.7. The number of rotatable bonds is 8. The van der Waals surface area contributed by atoms with E-state index in [1.165, 1.54) is 4.68 Å². The second-order valence-electron chi connectivity index (χ2n) is 6.73. The summed E-state index contributed by atoms with van der Waals surface area (Å²) in [5.41, 5.74) is 1.75. The maximum Gasteiger partial charge on any atom is 0.283 e.